The molecule has 7 heteroatoms. The minimum Gasteiger partial charge on any atom is -0.496 e. The van der Waals surface area contributed by atoms with Crippen LogP contribution < -0.4 is 15.8 Å². The Bertz CT molecular complexity index is 740. The van der Waals surface area contributed by atoms with Gasteiger partial charge >= 0.3 is 5.76 Å². The van der Waals surface area contributed by atoms with Crippen molar-refractivity contribution in [2.75, 3.05) is 7.11 Å². The van der Waals surface area contributed by atoms with Gasteiger partial charge in [0.1, 0.15) is 12.3 Å². The molecule has 0 saturated heterocycles. The molecule has 0 aliphatic rings. The van der Waals surface area contributed by atoms with Gasteiger partial charge in [-0.05, 0) is 6.07 Å². The maximum Gasteiger partial charge on any atom is 0.442 e. The summed E-state index contributed by atoms with van der Waals surface area (Å²) in [4.78, 5) is 23.9. The average molecular weight is 319 g/mol. The molecule has 0 atom stereocenters. The highest BCUT2D eigenvalue weighted by Gasteiger charge is 2.25. The van der Waals surface area contributed by atoms with E-state index < -0.39 is 11.2 Å². The van der Waals surface area contributed by atoms with Gasteiger partial charge in [0, 0.05) is 17.5 Å². The van der Waals surface area contributed by atoms with Crippen LogP contribution in [0, 0.1) is 0 Å². The molecule has 0 saturated carbocycles. The van der Waals surface area contributed by atoms with Crippen LogP contribution in [-0.4, -0.2) is 22.7 Å². The lowest BCUT2D eigenvalue weighted by Gasteiger charge is -2.16. The SMILES string of the molecule is COc1ccccc1CNC(=O)Cn1c(C(C)(C)C)noc1=O. The summed E-state index contributed by atoms with van der Waals surface area (Å²) in [6.45, 7) is 5.87. The summed E-state index contributed by atoms with van der Waals surface area (Å²) >= 11 is 0. The van der Waals surface area contributed by atoms with E-state index in [-0.39, 0.29) is 12.5 Å². The molecule has 0 bridgehead atoms. The number of methoxy groups -OCH3 is 1. The van der Waals surface area contributed by atoms with E-state index in [1.807, 2.05) is 45.0 Å². The normalized spacial score (nSPS) is 11.3. The van der Waals surface area contributed by atoms with Crippen molar-refractivity contribution < 1.29 is 14.1 Å². The van der Waals surface area contributed by atoms with E-state index in [2.05, 4.69) is 15.0 Å². The zero-order chi connectivity index (χ0) is 17.0. The molecule has 2 rings (SSSR count). The Morgan fingerprint density at radius 3 is 2.70 bits per heavy atom. The lowest BCUT2D eigenvalue weighted by molar-refractivity contribution is -0.122. The third kappa shape index (κ3) is 4.00. The smallest absolute Gasteiger partial charge is 0.442 e. The standard InChI is InChI=1S/C16H21N3O4/c1-16(2,3)14-18-23-15(21)19(14)10-13(20)17-9-11-7-5-6-8-12(11)22-4/h5-8H,9-10H2,1-4H3,(H,17,20). The minimum absolute atomic E-state index is 0.135. The van der Waals surface area contributed by atoms with Crippen LogP contribution in [0.25, 0.3) is 0 Å². The number of amides is 1. The van der Waals surface area contributed by atoms with Crippen LogP contribution in [0.5, 0.6) is 5.75 Å². The molecule has 1 aromatic heterocycles. The van der Waals surface area contributed by atoms with Crippen molar-refractivity contribution >= 4 is 5.91 Å². The molecule has 0 spiro atoms. The van der Waals surface area contributed by atoms with Gasteiger partial charge in [0.05, 0.1) is 7.11 Å². The molecule has 7 nitrogen and oxygen atoms in total. The first-order chi connectivity index (χ1) is 10.8. The van der Waals surface area contributed by atoms with Crippen LogP contribution in [0.4, 0.5) is 0 Å². The number of benzene rings is 1. The van der Waals surface area contributed by atoms with Gasteiger partial charge in [-0.15, -0.1) is 0 Å². The Hall–Kier alpha value is -2.57. The molecule has 0 fully saturated rings. The largest absolute Gasteiger partial charge is 0.496 e. The molecule has 0 radical (unpaired) electrons. The molecule has 1 N–H and O–H groups in total. The first-order valence-corrected chi connectivity index (χ1v) is 7.28. The maximum atomic E-state index is 12.1. The first-order valence-electron chi connectivity index (χ1n) is 7.28. The van der Waals surface area contributed by atoms with Gasteiger partial charge in [0.15, 0.2) is 5.82 Å². The maximum absolute atomic E-state index is 12.1. The fourth-order valence-corrected chi connectivity index (χ4v) is 2.19. The van der Waals surface area contributed by atoms with E-state index in [1.54, 1.807) is 7.11 Å². The van der Waals surface area contributed by atoms with Crippen molar-refractivity contribution in [2.24, 2.45) is 0 Å². The van der Waals surface area contributed by atoms with E-state index in [0.29, 0.717) is 18.1 Å². The van der Waals surface area contributed by atoms with E-state index in [1.165, 1.54) is 4.57 Å². The third-order valence-corrected chi connectivity index (χ3v) is 3.33. The van der Waals surface area contributed by atoms with E-state index in [4.69, 9.17) is 4.74 Å². The quantitative estimate of drug-likeness (QED) is 0.901. The number of hydrogen-bond acceptors (Lipinski definition) is 5. The van der Waals surface area contributed by atoms with Crippen molar-refractivity contribution in [2.45, 2.75) is 39.3 Å². The number of carbonyl (C=O) groups is 1. The van der Waals surface area contributed by atoms with E-state index >= 15 is 0 Å². The summed E-state index contributed by atoms with van der Waals surface area (Å²) in [6.07, 6.45) is 0. The van der Waals surface area contributed by atoms with Crippen molar-refractivity contribution in [1.29, 1.82) is 0 Å². The zero-order valence-corrected chi connectivity index (χ0v) is 13.8. The second-order valence-electron chi connectivity index (χ2n) is 6.20. The average Bonchev–Trinajstić information content (AvgIpc) is 2.86. The van der Waals surface area contributed by atoms with Crippen molar-refractivity contribution in [1.82, 2.24) is 15.0 Å². The monoisotopic (exact) mass is 319 g/mol. The Balaban J connectivity index is 2.06. The Morgan fingerprint density at radius 1 is 1.35 bits per heavy atom. The third-order valence-electron chi connectivity index (χ3n) is 3.33. The fraction of sp³-hybridized carbons (Fsp3) is 0.438. The lowest BCUT2D eigenvalue weighted by Crippen LogP contribution is -2.33. The van der Waals surface area contributed by atoms with Gasteiger partial charge < -0.3 is 10.1 Å². The molecule has 2 aromatic rings. The molecule has 1 heterocycles. The van der Waals surface area contributed by atoms with E-state index in [9.17, 15) is 9.59 Å². The zero-order valence-electron chi connectivity index (χ0n) is 13.8. The predicted octanol–water partition coefficient (Wildman–Crippen LogP) is 1.46. The topological polar surface area (TPSA) is 86.4 Å². The van der Waals surface area contributed by atoms with Gasteiger partial charge in [-0.1, -0.05) is 44.1 Å². The van der Waals surface area contributed by atoms with Gasteiger partial charge in [-0.2, -0.15) is 0 Å². The second kappa shape index (κ2) is 6.68. The molecule has 23 heavy (non-hydrogen) atoms. The molecule has 1 aromatic carbocycles. The number of rotatable bonds is 5. The first kappa shape index (κ1) is 16.8. The Morgan fingerprint density at radius 2 is 2.04 bits per heavy atom. The molecular weight excluding hydrogens is 298 g/mol. The Labute approximate surface area is 134 Å². The van der Waals surface area contributed by atoms with Crippen molar-refractivity contribution in [3.63, 3.8) is 0 Å². The number of nitrogens with zero attached hydrogens (tertiary/aromatic N) is 2. The van der Waals surface area contributed by atoms with Crippen molar-refractivity contribution in [3.8, 4) is 5.75 Å². The summed E-state index contributed by atoms with van der Waals surface area (Å²) in [5, 5.41) is 6.53. The van der Waals surface area contributed by atoms with Crippen LogP contribution in [0.1, 0.15) is 32.2 Å². The van der Waals surface area contributed by atoms with E-state index in [0.717, 1.165) is 5.56 Å². The molecule has 0 aliphatic carbocycles. The highest BCUT2D eigenvalue weighted by Crippen LogP contribution is 2.19. The molecule has 1 amide bonds. The summed E-state index contributed by atoms with van der Waals surface area (Å²) in [5.41, 5.74) is 0.465. The summed E-state index contributed by atoms with van der Waals surface area (Å²) in [5.74, 6) is 0.203. The minimum atomic E-state index is -0.637. The number of aromatic nitrogens is 2. The summed E-state index contributed by atoms with van der Waals surface area (Å²) in [7, 11) is 1.58. The predicted molar refractivity (Wildman–Crippen MR) is 84.3 cm³/mol. The molecule has 0 unspecified atom stereocenters. The fourth-order valence-electron chi connectivity index (χ4n) is 2.19. The highest BCUT2D eigenvalue weighted by molar-refractivity contribution is 5.75. The van der Waals surface area contributed by atoms with Crippen LogP contribution in [0.15, 0.2) is 33.6 Å². The van der Waals surface area contributed by atoms with Crippen LogP contribution in [0.3, 0.4) is 0 Å². The summed E-state index contributed by atoms with van der Waals surface area (Å²) in [6, 6.07) is 7.41. The van der Waals surface area contributed by atoms with Crippen molar-refractivity contribution in [3.05, 3.63) is 46.2 Å². The van der Waals surface area contributed by atoms with Gasteiger partial charge in [-0.3, -0.25) is 13.9 Å². The lowest BCUT2D eigenvalue weighted by atomic mass is 9.96. The second-order valence-corrected chi connectivity index (χ2v) is 6.20. The Kier molecular flexibility index (Phi) is 4.88. The van der Waals surface area contributed by atoms with Gasteiger partial charge in [0.25, 0.3) is 0 Å². The number of hydrogen-bond donors (Lipinski definition) is 1. The molecule has 124 valence electrons. The van der Waals surface area contributed by atoms with Gasteiger partial charge in [-0.25, -0.2) is 4.79 Å². The van der Waals surface area contributed by atoms with Crippen LogP contribution in [0.2, 0.25) is 0 Å². The number of ether oxygens (including phenoxy) is 1. The number of carbonyl (C=O) groups excluding carboxylic acids is 1. The molecular formula is C16H21N3O4. The molecule has 0 aliphatic heterocycles. The number of nitrogens with one attached hydrogen (secondary N) is 1. The van der Waals surface area contributed by atoms with Crippen LogP contribution in [-0.2, 0) is 23.3 Å². The van der Waals surface area contributed by atoms with Crippen LogP contribution >= 0.6 is 0 Å². The number of para-hydroxylation sites is 1. The highest BCUT2D eigenvalue weighted by atomic mass is 16.5. The van der Waals surface area contributed by atoms with Gasteiger partial charge in [0.2, 0.25) is 5.91 Å². The summed E-state index contributed by atoms with van der Waals surface area (Å²) < 4.78 is 11.2.